The fourth-order valence-electron chi connectivity index (χ4n) is 2.45. The quantitative estimate of drug-likeness (QED) is 0.758. The SMILES string of the molecule is CC(C)(C)c1cc(C=N/C=C2/C=CC=CN2)c(O)c(C(C)(C)C)c1. The van der Waals surface area contributed by atoms with E-state index in [2.05, 4.69) is 57.9 Å². The maximum Gasteiger partial charge on any atom is 0.128 e. The normalized spacial score (nSPS) is 16.8. The molecule has 1 aromatic rings. The molecule has 1 aromatic carbocycles. The zero-order chi connectivity index (χ0) is 18.0. The first-order valence-electron chi connectivity index (χ1n) is 8.30. The van der Waals surface area contributed by atoms with Crippen molar-refractivity contribution in [1.29, 1.82) is 0 Å². The number of phenols is 1. The first-order valence-corrected chi connectivity index (χ1v) is 8.30. The first-order chi connectivity index (χ1) is 11.1. The molecule has 0 aliphatic carbocycles. The largest absolute Gasteiger partial charge is 0.507 e. The number of dihydropyridines is 1. The predicted octanol–water partition coefficient (Wildman–Crippen LogP) is 4.92. The first kappa shape index (κ1) is 18.1. The second-order valence-electron chi connectivity index (χ2n) is 8.19. The van der Waals surface area contributed by atoms with Crippen molar-refractivity contribution in [2.24, 2.45) is 4.99 Å². The summed E-state index contributed by atoms with van der Waals surface area (Å²) in [5.74, 6) is 0.310. The van der Waals surface area contributed by atoms with Gasteiger partial charge in [0.25, 0.3) is 0 Å². The van der Waals surface area contributed by atoms with Gasteiger partial charge in [-0.3, -0.25) is 4.99 Å². The number of nitrogens with zero attached hydrogens (tertiary/aromatic N) is 1. The zero-order valence-electron chi connectivity index (χ0n) is 15.5. The molecule has 0 saturated carbocycles. The summed E-state index contributed by atoms with van der Waals surface area (Å²) < 4.78 is 0. The van der Waals surface area contributed by atoms with Gasteiger partial charge in [-0.25, -0.2) is 0 Å². The highest BCUT2D eigenvalue weighted by molar-refractivity contribution is 5.85. The number of hydrogen-bond acceptors (Lipinski definition) is 3. The molecular formula is C21H28N2O. The van der Waals surface area contributed by atoms with E-state index in [0.717, 1.165) is 16.8 Å². The van der Waals surface area contributed by atoms with Crippen LogP contribution in [-0.2, 0) is 10.8 Å². The number of benzene rings is 1. The molecule has 24 heavy (non-hydrogen) atoms. The lowest BCUT2D eigenvalue weighted by atomic mass is 9.79. The van der Waals surface area contributed by atoms with E-state index in [4.69, 9.17) is 0 Å². The molecule has 1 aliphatic heterocycles. The van der Waals surface area contributed by atoms with Crippen molar-refractivity contribution in [1.82, 2.24) is 5.32 Å². The molecule has 1 heterocycles. The summed E-state index contributed by atoms with van der Waals surface area (Å²) in [4.78, 5) is 4.38. The molecule has 1 aliphatic rings. The van der Waals surface area contributed by atoms with Crippen LogP contribution in [0, 0.1) is 0 Å². The lowest BCUT2D eigenvalue weighted by molar-refractivity contribution is 0.444. The van der Waals surface area contributed by atoms with Gasteiger partial charge in [-0.1, -0.05) is 53.7 Å². The molecule has 2 N–H and O–H groups in total. The summed E-state index contributed by atoms with van der Waals surface area (Å²) in [5.41, 5.74) is 3.68. The Morgan fingerprint density at radius 3 is 2.25 bits per heavy atom. The van der Waals surface area contributed by atoms with Crippen molar-refractivity contribution in [3.8, 4) is 5.75 Å². The third kappa shape index (κ3) is 4.38. The van der Waals surface area contributed by atoms with Gasteiger partial charge in [0.15, 0.2) is 0 Å². The molecule has 0 bridgehead atoms. The van der Waals surface area contributed by atoms with Crippen molar-refractivity contribution in [3.63, 3.8) is 0 Å². The molecule has 0 atom stereocenters. The fraction of sp³-hybridized carbons (Fsp3) is 0.381. The minimum absolute atomic E-state index is 0.00715. The van der Waals surface area contributed by atoms with Gasteiger partial charge in [-0.05, 0) is 34.6 Å². The van der Waals surface area contributed by atoms with Crippen molar-refractivity contribution in [3.05, 3.63) is 65.1 Å². The molecule has 3 nitrogen and oxygen atoms in total. The fourth-order valence-corrected chi connectivity index (χ4v) is 2.45. The van der Waals surface area contributed by atoms with Crippen molar-refractivity contribution < 1.29 is 5.11 Å². The molecule has 0 unspecified atom stereocenters. The summed E-state index contributed by atoms with van der Waals surface area (Å²) in [7, 11) is 0. The highest BCUT2D eigenvalue weighted by Gasteiger charge is 2.24. The zero-order valence-corrected chi connectivity index (χ0v) is 15.5. The van der Waals surface area contributed by atoms with Crippen molar-refractivity contribution in [2.75, 3.05) is 0 Å². The molecule has 0 amide bonds. The number of phenolic OH excluding ortho intramolecular Hbond substituents is 1. The smallest absolute Gasteiger partial charge is 0.128 e. The number of aliphatic imine (C=N–C) groups is 1. The Morgan fingerprint density at radius 1 is 1.00 bits per heavy atom. The van der Waals surface area contributed by atoms with Gasteiger partial charge in [-0.2, -0.15) is 0 Å². The van der Waals surface area contributed by atoms with Crippen LogP contribution in [0.4, 0.5) is 0 Å². The minimum Gasteiger partial charge on any atom is -0.507 e. The maximum absolute atomic E-state index is 10.7. The van der Waals surface area contributed by atoms with Crippen LogP contribution in [0.15, 0.2) is 53.5 Å². The third-order valence-corrected chi connectivity index (χ3v) is 3.97. The topological polar surface area (TPSA) is 44.6 Å². The van der Waals surface area contributed by atoms with Gasteiger partial charge >= 0.3 is 0 Å². The van der Waals surface area contributed by atoms with Crippen molar-refractivity contribution in [2.45, 2.75) is 52.4 Å². The van der Waals surface area contributed by atoms with Crippen LogP contribution in [0.5, 0.6) is 5.75 Å². The minimum atomic E-state index is -0.134. The van der Waals surface area contributed by atoms with Crippen LogP contribution < -0.4 is 5.32 Å². The van der Waals surface area contributed by atoms with Crippen LogP contribution in [0.25, 0.3) is 0 Å². The molecule has 0 aromatic heterocycles. The van der Waals surface area contributed by atoms with Crippen LogP contribution in [0.2, 0.25) is 0 Å². The highest BCUT2D eigenvalue weighted by atomic mass is 16.3. The molecule has 0 spiro atoms. The molecule has 0 saturated heterocycles. The van der Waals surface area contributed by atoms with Crippen LogP contribution >= 0.6 is 0 Å². The van der Waals surface area contributed by atoms with E-state index in [1.165, 1.54) is 5.56 Å². The van der Waals surface area contributed by atoms with Crippen LogP contribution in [0.1, 0.15) is 58.2 Å². The molecule has 0 radical (unpaired) electrons. The van der Waals surface area contributed by atoms with E-state index in [-0.39, 0.29) is 10.8 Å². The lowest BCUT2D eigenvalue weighted by Crippen LogP contribution is -2.17. The summed E-state index contributed by atoms with van der Waals surface area (Å²) >= 11 is 0. The Hall–Kier alpha value is -2.29. The van der Waals surface area contributed by atoms with E-state index < -0.39 is 0 Å². The number of rotatable bonds is 2. The molecule has 0 fully saturated rings. The second-order valence-corrected chi connectivity index (χ2v) is 8.19. The van der Waals surface area contributed by atoms with E-state index >= 15 is 0 Å². The van der Waals surface area contributed by atoms with E-state index in [9.17, 15) is 5.11 Å². The summed E-state index contributed by atoms with van der Waals surface area (Å²) in [5, 5.41) is 13.8. The standard InChI is InChI=1S/C21H28N2O/c1-20(2,3)16-11-15(19(24)18(12-16)21(4,5)6)13-22-14-17-9-7-8-10-23-17/h7-14,23-24H,1-6H3/b17-14-,22-13?. The molecule has 3 heteroatoms. The van der Waals surface area contributed by atoms with Crippen molar-refractivity contribution >= 4 is 6.21 Å². The molecular weight excluding hydrogens is 296 g/mol. The lowest BCUT2D eigenvalue weighted by Gasteiger charge is -2.26. The highest BCUT2D eigenvalue weighted by Crippen LogP contribution is 2.37. The maximum atomic E-state index is 10.7. The molecule has 128 valence electrons. The Labute approximate surface area is 145 Å². The summed E-state index contributed by atoms with van der Waals surface area (Å²) in [6.45, 7) is 12.9. The van der Waals surface area contributed by atoms with Crippen LogP contribution in [-0.4, -0.2) is 11.3 Å². The van der Waals surface area contributed by atoms with Gasteiger partial charge in [0.1, 0.15) is 5.75 Å². The van der Waals surface area contributed by atoms with E-state index in [0.29, 0.717) is 5.75 Å². The average molecular weight is 324 g/mol. The average Bonchev–Trinajstić information content (AvgIpc) is 2.47. The Kier molecular flexibility index (Phi) is 5.02. The monoisotopic (exact) mass is 324 g/mol. The molecule has 2 rings (SSSR count). The van der Waals surface area contributed by atoms with Gasteiger partial charge in [0.05, 0.1) is 11.9 Å². The Balaban J connectivity index is 2.45. The Morgan fingerprint density at radius 2 is 1.71 bits per heavy atom. The predicted molar refractivity (Wildman–Crippen MR) is 103 cm³/mol. The number of aromatic hydroxyl groups is 1. The van der Waals surface area contributed by atoms with Crippen LogP contribution in [0.3, 0.4) is 0 Å². The second kappa shape index (κ2) is 6.68. The summed E-state index contributed by atoms with van der Waals surface area (Å²) in [6, 6.07) is 4.14. The van der Waals surface area contributed by atoms with Gasteiger partial charge in [-0.15, -0.1) is 0 Å². The van der Waals surface area contributed by atoms with Gasteiger partial charge in [0, 0.05) is 23.5 Å². The van der Waals surface area contributed by atoms with E-state index in [1.807, 2.05) is 30.5 Å². The number of allylic oxidation sites excluding steroid dienone is 3. The summed E-state index contributed by atoms with van der Waals surface area (Å²) in [6.07, 6.45) is 11.2. The van der Waals surface area contributed by atoms with E-state index in [1.54, 1.807) is 12.4 Å². The Bertz CT molecular complexity index is 723. The van der Waals surface area contributed by atoms with Gasteiger partial charge in [0.2, 0.25) is 0 Å². The van der Waals surface area contributed by atoms with Gasteiger partial charge < -0.3 is 10.4 Å². The third-order valence-electron chi connectivity index (χ3n) is 3.97. The number of hydrogen-bond donors (Lipinski definition) is 2. The number of nitrogens with one attached hydrogen (secondary N) is 1.